The van der Waals surface area contributed by atoms with Gasteiger partial charge in [0.15, 0.2) is 0 Å². The predicted molar refractivity (Wildman–Crippen MR) is 47.4 cm³/mol. The maximum atomic E-state index is 11.5. The molecule has 1 atom stereocenters. The molecule has 0 unspecified atom stereocenters. The Morgan fingerprint density at radius 2 is 2.07 bits per heavy atom. The van der Waals surface area contributed by atoms with E-state index in [2.05, 4.69) is 5.32 Å². The number of carboxylic acids is 1. The molecule has 6 nitrogen and oxygen atoms in total. The Balaban J connectivity index is 2.51. The SMILES string of the molecule is NCC1(C(=O)N[C@@H](CO)C(=O)O)CC1. The molecule has 0 radical (unpaired) electrons. The van der Waals surface area contributed by atoms with Crippen LogP contribution in [0.2, 0.25) is 0 Å². The smallest absolute Gasteiger partial charge is 0.328 e. The maximum absolute atomic E-state index is 11.5. The van der Waals surface area contributed by atoms with Gasteiger partial charge < -0.3 is 21.3 Å². The van der Waals surface area contributed by atoms with Crippen LogP contribution in [0.25, 0.3) is 0 Å². The van der Waals surface area contributed by atoms with Crippen molar-refractivity contribution in [3.05, 3.63) is 0 Å². The van der Waals surface area contributed by atoms with Crippen LogP contribution in [0.3, 0.4) is 0 Å². The zero-order valence-corrected chi connectivity index (χ0v) is 7.69. The van der Waals surface area contributed by atoms with Gasteiger partial charge in [-0.15, -0.1) is 0 Å². The normalized spacial score (nSPS) is 19.9. The Hall–Kier alpha value is -1.14. The lowest BCUT2D eigenvalue weighted by molar-refractivity contribution is -0.143. The van der Waals surface area contributed by atoms with E-state index in [0.29, 0.717) is 12.8 Å². The number of nitrogens with two attached hydrogens (primary N) is 1. The molecule has 1 aliphatic rings. The van der Waals surface area contributed by atoms with Gasteiger partial charge >= 0.3 is 5.97 Å². The third kappa shape index (κ3) is 2.02. The van der Waals surface area contributed by atoms with Gasteiger partial charge in [-0.25, -0.2) is 4.79 Å². The van der Waals surface area contributed by atoms with E-state index in [1.165, 1.54) is 0 Å². The van der Waals surface area contributed by atoms with Gasteiger partial charge in [0.25, 0.3) is 0 Å². The minimum atomic E-state index is -1.24. The third-order valence-electron chi connectivity index (χ3n) is 2.51. The average molecular weight is 202 g/mol. The topological polar surface area (TPSA) is 113 Å². The summed E-state index contributed by atoms with van der Waals surface area (Å²) in [5, 5.41) is 19.5. The summed E-state index contributed by atoms with van der Waals surface area (Å²) in [6.45, 7) is -0.391. The molecular formula is C8H14N2O4. The fourth-order valence-corrected chi connectivity index (χ4v) is 1.17. The van der Waals surface area contributed by atoms with Crippen LogP contribution in [0, 0.1) is 5.41 Å². The number of aliphatic hydroxyl groups excluding tert-OH is 1. The molecule has 0 aromatic carbocycles. The Bertz CT molecular complexity index is 250. The Kier molecular flexibility index (Phi) is 3.07. The lowest BCUT2D eigenvalue weighted by atomic mass is 10.1. The number of aliphatic hydroxyl groups is 1. The van der Waals surface area contributed by atoms with Crippen LogP contribution in [-0.4, -0.2) is 41.3 Å². The second-order valence-electron chi connectivity index (χ2n) is 3.53. The summed E-state index contributed by atoms with van der Waals surface area (Å²) in [4.78, 5) is 22.0. The van der Waals surface area contributed by atoms with E-state index >= 15 is 0 Å². The summed E-state index contributed by atoms with van der Waals surface area (Å²) >= 11 is 0. The fraction of sp³-hybridized carbons (Fsp3) is 0.750. The highest BCUT2D eigenvalue weighted by Crippen LogP contribution is 2.44. The number of aliphatic carboxylic acids is 1. The second kappa shape index (κ2) is 3.93. The molecule has 0 saturated heterocycles. The largest absolute Gasteiger partial charge is 0.480 e. The average Bonchev–Trinajstić information content (AvgIpc) is 2.93. The third-order valence-corrected chi connectivity index (χ3v) is 2.51. The molecule has 0 aliphatic heterocycles. The summed E-state index contributed by atoms with van der Waals surface area (Å²) in [6.07, 6.45) is 1.38. The highest BCUT2D eigenvalue weighted by atomic mass is 16.4. The Labute approximate surface area is 81.1 Å². The van der Waals surface area contributed by atoms with E-state index < -0.39 is 24.0 Å². The number of hydrogen-bond acceptors (Lipinski definition) is 4. The summed E-state index contributed by atoms with van der Waals surface area (Å²) < 4.78 is 0. The van der Waals surface area contributed by atoms with Gasteiger partial charge in [-0.05, 0) is 12.8 Å². The van der Waals surface area contributed by atoms with Crippen molar-refractivity contribution in [2.75, 3.05) is 13.2 Å². The molecule has 1 aliphatic carbocycles. The maximum Gasteiger partial charge on any atom is 0.328 e. The molecule has 0 spiro atoms. The first-order valence-corrected chi connectivity index (χ1v) is 4.40. The highest BCUT2D eigenvalue weighted by molar-refractivity contribution is 5.89. The van der Waals surface area contributed by atoms with Crippen LogP contribution < -0.4 is 11.1 Å². The number of carbonyl (C=O) groups is 2. The van der Waals surface area contributed by atoms with E-state index in [0.717, 1.165) is 0 Å². The lowest BCUT2D eigenvalue weighted by Gasteiger charge is -2.16. The number of amides is 1. The number of hydrogen-bond donors (Lipinski definition) is 4. The van der Waals surface area contributed by atoms with E-state index in [1.807, 2.05) is 0 Å². The molecule has 5 N–H and O–H groups in total. The van der Waals surface area contributed by atoms with Crippen LogP contribution in [-0.2, 0) is 9.59 Å². The first kappa shape index (κ1) is 10.9. The zero-order valence-electron chi connectivity index (χ0n) is 7.69. The van der Waals surface area contributed by atoms with Crippen LogP contribution >= 0.6 is 0 Å². The minimum Gasteiger partial charge on any atom is -0.480 e. The molecule has 0 aromatic heterocycles. The van der Waals surface area contributed by atoms with E-state index in [4.69, 9.17) is 15.9 Å². The number of carboxylic acid groups (broad SMARTS) is 1. The van der Waals surface area contributed by atoms with Crippen LogP contribution in [0.15, 0.2) is 0 Å². The van der Waals surface area contributed by atoms with Gasteiger partial charge in [-0.1, -0.05) is 0 Å². The number of rotatable bonds is 5. The zero-order chi connectivity index (χ0) is 10.8. The van der Waals surface area contributed by atoms with Gasteiger partial charge in [0.2, 0.25) is 5.91 Å². The highest BCUT2D eigenvalue weighted by Gasteiger charge is 2.49. The first-order valence-electron chi connectivity index (χ1n) is 4.40. The van der Waals surface area contributed by atoms with Crippen molar-refractivity contribution in [3.8, 4) is 0 Å². The monoisotopic (exact) mass is 202 g/mol. The van der Waals surface area contributed by atoms with Gasteiger partial charge in [0, 0.05) is 6.54 Å². The van der Waals surface area contributed by atoms with Gasteiger partial charge in [0.1, 0.15) is 6.04 Å². The summed E-state index contributed by atoms with van der Waals surface area (Å²) in [6, 6.07) is -1.23. The summed E-state index contributed by atoms with van der Waals surface area (Å²) in [5.41, 5.74) is 4.81. The molecule has 1 fully saturated rings. The lowest BCUT2D eigenvalue weighted by Crippen LogP contribution is -2.47. The van der Waals surface area contributed by atoms with E-state index in [9.17, 15) is 9.59 Å². The molecule has 14 heavy (non-hydrogen) atoms. The molecule has 6 heteroatoms. The molecule has 1 amide bonds. The van der Waals surface area contributed by atoms with Gasteiger partial charge in [-0.2, -0.15) is 0 Å². The number of nitrogens with one attached hydrogen (secondary N) is 1. The van der Waals surface area contributed by atoms with Crippen molar-refractivity contribution in [3.63, 3.8) is 0 Å². The van der Waals surface area contributed by atoms with Crippen molar-refractivity contribution in [2.24, 2.45) is 11.1 Å². The molecule has 0 aromatic rings. The summed E-state index contributed by atoms with van der Waals surface area (Å²) in [7, 11) is 0. The molecule has 0 heterocycles. The quantitative estimate of drug-likeness (QED) is 0.424. The van der Waals surface area contributed by atoms with Crippen molar-refractivity contribution in [1.82, 2.24) is 5.32 Å². The van der Waals surface area contributed by atoms with Crippen molar-refractivity contribution < 1.29 is 19.8 Å². The van der Waals surface area contributed by atoms with Crippen LogP contribution in [0.4, 0.5) is 0 Å². The van der Waals surface area contributed by atoms with Crippen LogP contribution in [0.1, 0.15) is 12.8 Å². The number of carbonyl (C=O) groups excluding carboxylic acids is 1. The molecule has 1 rings (SSSR count). The van der Waals surface area contributed by atoms with Crippen molar-refractivity contribution in [1.29, 1.82) is 0 Å². The Morgan fingerprint density at radius 1 is 1.50 bits per heavy atom. The molecule has 1 saturated carbocycles. The van der Waals surface area contributed by atoms with Crippen molar-refractivity contribution >= 4 is 11.9 Å². The predicted octanol–water partition coefficient (Wildman–Crippen LogP) is -1.71. The van der Waals surface area contributed by atoms with E-state index in [1.54, 1.807) is 0 Å². The van der Waals surface area contributed by atoms with Gasteiger partial charge in [0.05, 0.1) is 12.0 Å². The van der Waals surface area contributed by atoms with E-state index in [-0.39, 0.29) is 12.5 Å². The summed E-state index contributed by atoms with van der Waals surface area (Å²) in [5.74, 6) is -1.62. The second-order valence-corrected chi connectivity index (χ2v) is 3.53. The molecule has 80 valence electrons. The fourth-order valence-electron chi connectivity index (χ4n) is 1.17. The van der Waals surface area contributed by atoms with Crippen molar-refractivity contribution in [2.45, 2.75) is 18.9 Å². The first-order chi connectivity index (χ1) is 6.55. The van der Waals surface area contributed by atoms with Gasteiger partial charge in [-0.3, -0.25) is 4.79 Å². The minimum absolute atomic E-state index is 0.219. The Morgan fingerprint density at radius 3 is 2.36 bits per heavy atom. The molecule has 0 bridgehead atoms. The van der Waals surface area contributed by atoms with Crippen LogP contribution in [0.5, 0.6) is 0 Å². The standard InChI is InChI=1S/C8H14N2O4/c9-4-8(1-2-8)7(14)10-5(3-11)6(12)13/h5,11H,1-4,9H2,(H,10,14)(H,12,13)/t5-/m0/s1. The molecular weight excluding hydrogens is 188 g/mol.